The first-order valence-corrected chi connectivity index (χ1v) is 7.96. The van der Waals surface area contributed by atoms with Gasteiger partial charge in [-0.1, -0.05) is 5.16 Å². The van der Waals surface area contributed by atoms with E-state index in [2.05, 4.69) is 10.1 Å². The van der Waals surface area contributed by atoms with Gasteiger partial charge in [-0.15, -0.1) is 11.8 Å². The topological polar surface area (TPSA) is 59.2 Å². The van der Waals surface area contributed by atoms with Gasteiger partial charge >= 0.3 is 0 Å². The van der Waals surface area contributed by atoms with Gasteiger partial charge in [-0.3, -0.25) is 0 Å². The number of nitrogens with zero attached hydrogens (tertiary/aromatic N) is 2. The molecule has 1 fully saturated rings. The van der Waals surface area contributed by atoms with Gasteiger partial charge in [0.1, 0.15) is 11.6 Å². The highest BCUT2D eigenvalue weighted by Gasteiger charge is 2.23. The molecule has 0 bridgehead atoms. The third-order valence-corrected chi connectivity index (χ3v) is 5.48. The van der Waals surface area contributed by atoms with Crippen LogP contribution in [0.15, 0.2) is 22.7 Å². The lowest BCUT2D eigenvalue weighted by molar-refractivity contribution is 0.420. The van der Waals surface area contributed by atoms with Gasteiger partial charge in [-0.2, -0.15) is 16.7 Å². The molecule has 1 aromatic heterocycles. The molecule has 4 nitrogen and oxygen atoms in total. The lowest BCUT2D eigenvalue weighted by Crippen LogP contribution is -2.07. The van der Waals surface area contributed by atoms with Crippen molar-refractivity contribution in [3.63, 3.8) is 0 Å². The minimum Gasteiger partial charge on any atom is -0.508 e. The molecule has 3 rings (SSSR count). The zero-order chi connectivity index (χ0) is 13.2. The Morgan fingerprint density at radius 2 is 2.26 bits per heavy atom. The van der Waals surface area contributed by atoms with Crippen LogP contribution in [0, 0.1) is 5.82 Å². The molecule has 1 aliphatic heterocycles. The van der Waals surface area contributed by atoms with E-state index in [1.807, 2.05) is 11.8 Å². The number of phenolic OH excluding ortho intramolecular Hbond substituents is 1. The number of rotatable bonds is 2. The summed E-state index contributed by atoms with van der Waals surface area (Å²) in [7, 11) is 0. The van der Waals surface area contributed by atoms with Crippen LogP contribution in [-0.4, -0.2) is 32.5 Å². The summed E-state index contributed by atoms with van der Waals surface area (Å²) in [6.07, 6.45) is 0. The van der Waals surface area contributed by atoms with Crippen molar-refractivity contribution < 1.29 is 14.0 Å². The van der Waals surface area contributed by atoms with E-state index in [0.29, 0.717) is 5.82 Å². The Kier molecular flexibility index (Phi) is 3.65. The molecule has 1 atom stereocenters. The third kappa shape index (κ3) is 2.71. The average molecular weight is 298 g/mol. The van der Waals surface area contributed by atoms with Gasteiger partial charge in [0.2, 0.25) is 0 Å². The molecule has 1 saturated heterocycles. The molecule has 2 aromatic rings. The Labute approximate surface area is 117 Å². The smallest absolute Gasteiger partial charge is 0.260 e. The van der Waals surface area contributed by atoms with Crippen molar-refractivity contribution in [3.8, 4) is 17.2 Å². The maximum atomic E-state index is 13.7. The first-order chi connectivity index (χ1) is 9.24. The lowest BCUT2D eigenvalue weighted by atomic mass is 10.2. The second kappa shape index (κ2) is 5.42. The van der Waals surface area contributed by atoms with E-state index in [-0.39, 0.29) is 22.5 Å². The van der Waals surface area contributed by atoms with E-state index < -0.39 is 5.82 Å². The summed E-state index contributed by atoms with van der Waals surface area (Å²) < 4.78 is 18.8. The Bertz CT molecular complexity index is 585. The van der Waals surface area contributed by atoms with Crippen molar-refractivity contribution >= 4 is 23.5 Å². The molecule has 1 aromatic carbocycles. The lowest BCUT2D eigenvalue weighted by Gasteiger charge is -2.16. The summed E-state index contributed by atoms with van der Waals surface area (Å²) in [6.45, 7) is 0. The predicted molar refractivity (Wildman–Crippen MR) is 73.9 cm³/mol. The first kappa shape index (κ1) is 12.8. The number of aromatic hydroxyl groups is 1. The number of phenols is 1. The second-order valence-corrected chi connectivity index (χ2v) is 6.52. The van der Waals surface area contributed by atoms with Crippen LogP contribution >= 0.6 is 23.5 Å². The van der Waals surface area contributed by atoms with Gasteiger partial charge in [0.05, 0.1) is 10.8 Å². The maximum absolute atomic E-state index is 13.7. The number of benzene rings is 1. The standard InChI is InChI=1S/C12H11FN2O2S2/c13-9-5-7(16)1-2-8(9)12-14-11(15-17-12)10-6-18-3-4-19-10/h1-2,5,10,16H,3-4,6H2. The summed E-state index contributed by atoms with van der Waals surface area (Å²) in [4.78, 5) is 4.26. The van der Waals surface area contributed by atoms with Gasteiger partial charge < -0.3 is 9.63 Å². The fraction of sp³-hybridized carbons (Fsp3) is 0.333. The molecule has 2 heterocycles. The van der Waals surface area contributed by atoms with Crippen LogP contribution in [0.5, 0.6) is 5.75 Å². The van der Waals surface area contributed by atoms with Crippen molar-refractivity contribution in [1.29, 1.82) is 0 Å². The van der Waals surface area contributed by atoms with Crippen LogP contribution in [0.1, 0.15) is 11.1 Å². The van der Waals surface area contributed by atoms with Crippen molar-refractivity contribution in [3.05, 3.63) is 29.8 Å². The molecule has 1 aliphatic rings. The highest BCUT2D eigenvalue weighted by molar-refractivity contribution is 8.06. The molecule has 0 spiro atoms. The Morgan fingerprint density at radius 1 is 1.37 bits per heavy atom. The number of halogens is 1. The van der Waals surface area contributed by atoms with E-state index >= 15 is 0 Å². The highest BCUT2D eigenvalue weighted by atomic mass is 32.2. The maximum Gasteiger partial charge on any atom is 0.260 e. The molecule has 0 radical (unpaired) electrons. The quantitative estimate of drug-likeness (QED) is 0.919. The summed E-state index contributed by atoms with van der Waals surface area (Å²) in [5, 5.41) is 13.3. The van der Waals surface area contributed by atoms with E-state index in [4.69, 9.17) is 4.52 Å². The normalized spacial score (nSPS) is 19.5. The van der Waals surface area contributed by atoms with Gasteiger partial charge in [-0.05, 0) is 12.1 Å². The second-order valence-electron chi connectivity index (χ2n) is 4.06. The highest BCUT2D eigenvalue weighted by Crippen LogP contribution is 2.36. The summed E-state index contributed by atoms with van der Waals surface area (Å²) in [6, 6.07) is 3.86. The van der Waals surface area contributed by atoms with Crippen molar-refractivity contribution in [2.75, 3.05) is 17.3 Å². The predicted octanol–water partition coefficient (Wildman–Crippen LogP) is 3.10. The monoisotopic (exact) mass is 298 g/mol. The van der Waals surface area contributed by atoms with Crippen LogP contribution in [-0.2, 0) is 0 Å². The Morgan fingerprint density at radius 3 is 3.00 bits per heavy atom. The van der Waals surface area contributed by atoms with Crippen LogP contribution in [0.25, 0.3) is 11.5 Å². The van der Waals surface area contributed by atoms with Crippen LogP contribution < -0.4 is 0 Å². The third-order valence-electron chi connectivity index (χ3n) is 2.73. The molecule has 0 aliphatic carbocycles. The van der Waals surface area contributed by atoms with E-state index in [1.165, 1.54) is 12.1 Å². The minimum atomic E-state index is -0.569. The number of aromatic nitrogens is 2. The number of hydrogen-bond donors (Lipinski definition) is 1. The molecular formula is C12H11FN2O2S2. The molecule has 100 valence electrons. The van der Waals surface area contributed by atoms with Crippen LogP contribution in [0.3, 0.4) is 0 Å². The SMILES string of the molecule is Oc1ccc(-c2nc(C3CSCCS3)no2)c(F)c1. The first-order valence-electron chi connectivity index (χ1n) is 5.76. The number of thioether (sulfide) groups is 2. The molecule has 1 unspecified atom stereocenters. The molecule has 0 amide bonds. The number of hydrogen-bond acceptors (Lipinski definition) is 6. The zero-order valence-electron chi connectivity index (χ0n) is 9.88. The fourth-order valence-electron chi connectivity index (χ4n) is 1.79. The fourth-order valence-corrected chi connectivity index (χ4v) is 4.38. The van der Waals surface area contributed by atoms with Gasteiger partial charge in [0.25, 0.3) is 5.89 Å². The van der Waals surface area contributed by atoms with Gasteiger partial charge in [-0.25, -0.2) is 4.39 Å². The van der Waals surface area contributed by atoms with E-state index in [9.17, 15) is 9.50 Å². The van der Waals surface area contributed by atoms with Gasteiger partial charge in [0.15, 0.2) is 5.82 Å². The van der Waals surface area contributed by atoms with E-state index in [0.717, 1.165) is 23.3 Å². The minimum absolute atomic E-state index is 0.125. The molecule has 7 heteroatoms. The van der Waals surface area contributed by atoms with E-state index in [1.54, 1.807) is 11.8 Å². The molecular weight excluding hydrogens is 287 g/mol. The van der Waals surface area contributed by atoms with Crippen molar-refractivity contribution in [1.82, 2.24) is 10.1 Å². The molecule has 19 heavy (non-hydrogen) atoms. The summed E-state index contributed by atoms with van der Waals surface area (Å²) >= 11 is 3.65. The molecule has 1 N–H and O–H groups in total. The van der Waals surface area contributed by atoms with Crippen LogP contribution in [0.2, 0.25) is 0 Å². The summed E-state index contributed by atoms with van der Waals surface area (Å²) in [5.74, 6) is 3.22. The van der Waals surface area contributed by atoms with Crippen molar-refractivity contribution in [2.24, 2.45) is 0 Å². The Hall–Kier alpha value is -1.21. The van der Waals surface area contributed by atoms with Crippen LogP contribution in [0.4, 0.5) is 4.39 Å². The van der Waals surface area contributed by atoms with Gasteiger partial charge in [0, 0.05) is 23.3 Å². The Balaban J connectivity index is 1.87. The molecule has 0 saturated carbocycles. The summed E-state index contributed by atoms with van der Waals surface area (Å²) in [5.41, 5.74) is 0.213. The largest absolute Gasteiger partial charge is 0.508 e. The zero-order valence-corrected chi connectivity index (χ0v) is 11.5. The van der Waals surface area contributed by atoms with Crippen molar-refractivity contribution in [2.45, 2.75) is 5.25 Å². The average Bonchev–Trinajstić information content (AvgIpc) is 2.89.